The number of carbonyl (C=O) groups excluding carboxylic acids is 2. The van der Waals surface area contributed by atoms with E-state index in [1.165, 1.54) is 30.3 Å². The molecule has 1 N–H and O–H groups in total. The summed E-state index contributed by atoms with van der Waals surface area (Å²) in [7, 11) is 0. The maximum Gasteiger partial charge on any atom is 0.417 e. The van der Waals surface area contributed by atoms with Crippen molar-refractivity contribution in [2.24, 2.45) is 0 Å². The molecule has 0 radical (unpaired) electrons. The average Bonchev–Trinajstić information content (AvgIpc) is 3.02. The number of pyridine rings is 1. The third-order valence-electron chi connectivity index (χ3n) is 5.56. The van der Waals surface area contributed by atoms with E-state index in [2.05, 4.69) is 10.3 Å². The first-order valence-corrected chi connectivity index (χ1v) is 9.89. The van der Waals surface area contributed by atoms with Gasteiger partial charge in [0.05, 0.1) is 23.7 Å². The molecule has 4 rings (SSSR count). The highest BCUT2D eigenvalue weighted by Crippen LogP contribution is 2.30. The lowest BCUT2D eigenvalue weighted by molar-refractivity contribution is -0.137. The lowest BCUT2D eigenvalue weighted by Crippen LogP contribution is -2.49. The zero-order valence-corrected chi connectivity index (χ0v) is 16.4. The number of carbonyl (C=O) groups is 2. The number of alkyl halides is 3. The lowest BCUT2D eigenvalue weighted by Gasteiger charge is -2.34. The molecule has 0 bridgehead atoms. The molecule has 6 nitrogen and oxygen atoms in total. The quantitative estimate of drug-likeness (QED) is 0.590. The van der Waals surface area contributed by atoms with Crippen LogP contribution in [0.15, 0.2) is 42.6 Å². The van der Waals surface area contributed by atoms with Crippen LogP contribution in [0, 0.1) is 5.82 Å². The number of nitrogens with one attached hydrogen (secondary N) is 1. The van der Waals surface area contributed by atoms with Gasteiger partial charge in [-0.15, -0.1) is 0 Å². The Labute approximate surface area is 175 Å². The Hall–Kier alpha value is -3.01. The van der Waals surface area contributed by atoms with Crippen LogP contribution in [-0.2, 0) is 15.8 Å². The second-order valence-electron chi connectivity index (χ2n) is 7.63. The molecule has 1 aromatic carbocycles. The number of rotatable bonds is 4. The molecule has 2 aromatic rings. The molecule has 1 aromatic heterocycles. The number of halogens is 4. The second-order valence-corrected chi connectivity index (χ2v) is 7.63. The van der Waals surface area contributed by atoms with Crippen LogP contribution >= 0.6 is 0 Å². The molecule has 2 aliphatic rings. The number of anilines is 2. The molecule has 2 saturated heterocycles. The molecule has 31 heavy (non-hydrogen) atoms. The fourth-order valence-electron chi connectivity index (χ4n) is 3.92. The van der Waals surface area contributed by atoms with Gasteiger partial charge in [-0.3, -0.25) is 9.59 Å². The van der Waals surface area contributed by atoms with Crippen LogP contribution in [-0.4, -0.2) is 42.0 Å². The Morgan fingerprint density at radius 1 is 1.00 bits per heavy atom. The smallest absolute Gasteiger partial charge is 0.357 e. The van der Waals surface area contributed by atoms with Crippen LogP contribution in [0.2, 0.25) is 0 Å². The van der Waals surface area contributed by atoms with Crippen LogP contribution in [0.5, 0.6) is 0 Å². The van der Waals surface area contributed by atoms with Crippen molar-refractivity contribution in [3.63, 3.8) is 0 Å². The molecule has 2 aliphatic heterocycles. The zero-order valence-electron chi connectivity index (χ0n) is 16.4. The summed E-state index contributed by atoms with van der Waals surface area (Å²) in [6.45, 7) is 1.12. The number of aromatic nitrogens is 1. The summed E-state index contributed by atoms with van der Waals surface area (Å²) in [5.74, 6) is -0.697. The van der Waals surface area contributed by atoms with Gasteiger partial charge in [-0.2, -0.15) is 13.2 Å². The van der Waals surface area contributed by atoms with Gasteiger partial charge in [0.25, 0.3) is 5.91 Å². The summed E-state index contributed by atoms with van der Waals surface area (Å²) >= 11 is 0. The first kappa shape index (κ1) is 21.2. The highest BCUT2D eigenvalue weighted by atomic mass is 19.4. The van der Waals surface area contributed by atoms with E-state index in [-0.39, 0.29) is 24.3 Å². The number of hydrogen-bond donors (Lipinski definition) is 1. The van der Waals surface area contributed by atoms with E-state index in [1.54, 1.807) is 0 Å². The molecule has 3 heterocycles. The monoisotopic (exact) mass is 436 g/mol. The first-order chi connectivity index (χ1) is 14.7. The van der Waals surface area contributed by atoms with Crippen LogP contribution in [0.4, 0.5) is 29.1 Å². The standard InChI is InChI=1S/C21H20F4N4O2/c22-14-2-4-16(5-3-14)29-19(30)11-17(20(29)31)27-15-7-9-28(10-8-15)18-6-1-13(12-26-18)21(23,24)25/h1-6,12,15,17,27H,7-11H2/t17-/m1/s1. The zero-order chi connectivity index (χ0) is 22.2. The van der Waals surface area contributed by atoms with E-state index < -0.39 is 23.6 Å². The third kappa shape index (κ3) is 4.53. The topological polar surface area (TPSA) is 65.5 Å². The largest absolute Gasteiger partial charge is 0.417 e. The minimum Gasteiger partial charge on any atom is -0.357 e. The third-order valence-corrected chi connectivity index (χ3v) is 5.56. The summed E-state index contributed by atoms with van der Waals surface area (Å²) in [5, 5.41) is 3.23. The summed E-state index contributed by atoms with van der Waals surface area (Å²) in [6, 6.07) is 6.88. The Bertz CT molecular complexity index is 955. The summed E-state index contributed by atoms with van der Waals surface area (Å²) in [5.41, 5.74) is -0.452. The van der Waals surface area contributed by atoms with Gasteiger partial charge in [0, 0.05) is 25.3 Å². The predicted octanol–water partition coefficient (Wildman–Crippen LogP) is 3.13. The van der Waals surface area contributed by atoms with Crippen molar-refractivity contribution >= 4 is 23.3 Å². The first-order valence-electron chi connectivity index (χ1n) is 9.89. The van der Waals surface area contributed by atoms with Gasteiger partial charge in [-0.05, 0) is 49.2 Å². The predicted molar refractivity (Wildman–Crippen MR) is 105 cm³/mol. The van der Waals surface area contributed by atoms with Crippen molar-refractivity contribution in [2.45, 2.75) is 37.5 Å². The molecule has 0 saturated carbocycles. The molecular formula is C21H20F4N4O2. The van der Waals surface area contributed by atoms with E-state index in [1.807, 2.05) is 4.90 Å². The summed E-state index contributed by atoms with van der Waals surface area (Å²) in [4.78, 5) is 31.9. The number of amides is 2. The Morgan fingerprint density at radius 2 is 1.68 bits per heavy atom. The molecule has 0 unspecified atom stereocenters. The molecular weight excluding hydrogens is 416 g/mol. The maximum atomic E-state index is 13.1. The highest BCUT2D eigenvalue weighted by molar-refractivity contribution is 6.22. The maximum absolute atomic E-state index is 13.1. The van der Waals surface area contributed by atoms with Gasteiger partial charge in [0.1, 0.15) is 11.6 Å². The van der Waals surface area contributed by atoms with Gasteiger partial charge in [0.2, 0.25) is 5.91 Å². The number of hydrogen-bond acceptors (Lipinski definition) is 5. The van der Waals surface area contributed by atoms with Crippen molar-refractivity contribution in [2.75, 3.05) is 22.9 Å². The number of benzene rings is 1. The van der Waals surface area contributed by atoms with Crippen LogP contribution in [0.1, 0.15) is 24.8 Å². The van der Waals surface area contributed by atoms with Gasteiger partial charge in [-0.25, -0.2) is 14.3 Å². The average molecular weight is 436 g/mol. The lowest BCUT2D eigenvalue weighted by atomic mass is 10.0. The molecule has 1 atom stereocenters. The van der Waals surface area contributed by atoms with Crippen LogP contribution < -0.4 is 15.1 Å². The van der Waals surface area contributed by atoms with Crippen LogP contribution in [0.3, 0.4) is 0 Å². The Kier molecular flexibility index (Phi) is 5.65. The van der Waals surface area contributed by atoms with Crippen molar-refractivity contribution in [1.29, 1.82) is 0 Å². The Morgan fingerprint density at radius 3 is 2.26 bits per heavy atom. The fraction of sp³-hybridized carbons (Fsp3) is 0.381. The van der Waals surface area contributed by atoms with Gasteiger partial charge in [-0.1, -0.05) is 0 Å². The van der Waals surface area contributed by atoms with E-state index in [0.29, 0.717) is 37.4 Å². The molecule has 10 heteroatoms. The molecule has 0 aliphatic carbocycles. The summed E-state index contributed by atoms with van der Waals surface area (Å²) in [6.07, 6.45) is -2.27. The molecule has 164 valence electrons. The number of imide groups is 1. The minimum atomic E-state index is -4.42. The van der Waals surface area contributed by atoms with Crippen molar-refractivity contribution in [3.05, 3.63) is 54.0 Å². The van der Waals surface area contributed by atoms with Crippen LogP contribution in [0.25, 0.3) is 0 Å². The van der Waals surface area contributed by atoms with Gasteiger partial charge >= 0.3 is 6.18 Å². The summed E-state index contributed by atoms with van der Waals surface area (Å²) < 4.78 is 51.2. The fourth-order valence-corrected chi connectivity index (χ4v) is 3.92. The minimum absolute atomic E-state index is 0.0133. The van der Waals surface area contributed by atoms with Crippen molar-refractivity contribution in [1.82, 2.24) is 10.3 Å². The molecule has 2 amide bonds. The van der Waals surface area contributed by atoms with E-state index >= 15 is 0 Å². The van der Waals surface area contributed by atoms with E-state index in [9.17, 15) is 27.2 Å². The van der Waals surface area contributed by atoms with Gasteiger partial charge in [0.15, 0.2) is 0 Å². The number of piperidine rings is 1. The number of nitrogens with zero attached hydrogens (tertiary/aromatic N) is 3. The van der Waals surface area contributed by atoms with Gasteiger partial charge < -0.3 is 10.2 Å². The normalized spacial score (nSPS) is 20.6. The van der Waals surface area contributed by atoms with E-state index in [4.69, 9.17) is 0 Å². The van der Waals surface area contributed by atoms with Crippen molar-refractivity contribution < 1.29 is 27.2 Å². The molecule has 0 spiro atoms. The Balaban J connectivity index is 1.33. The SMILES string of the molecule is O=C1C[C@@H](NC2CCN(c3ccc(C(F)(F)F)cn3)CC2)C(=O)N1c1ccc(F)cc1. The van der Waals surface area contributed by atoms with E-state index in [0.717, 1.165) is 17.2 Å². The highest BCUT2D eigenvalue weighted by Gasteiger charge is 2.40. The second kappa shape index (κ2) is 8.26. The molecule has 2 fully saturated rings. The van der Waals surface area contributed by atoms with Crippen molar-refractivity contribution in [3.8, 4) is 0 Å².